The molecule has 3 aromatic heterocycles. The molecule has 2 amide bonds. The number of thiazole rings is 1. The van der Waals surface area contributed by atoms with Gasteiger partial charge in [-0.15, -0.1) is 0 Å². The number of amides is 2. The molecule has 0 bridgehead atoms. The molecule has 0 saturated carbocycles. The van der Waals surface area contributed by atoms with Crippen LogP contribution in [0.3, 0.4) is 0 Å². The molecule has 4 aromatic rings. The molecule has 0 unspecified atom stereocenters. The lowest BCUT2D eigenvalue weighted by atomic mass is 9.98. The molecular weight excluding hydrogens is 488 g/mol. The van der Waals surface area contributed by atoms with Crippen LogP contribution in [-0.4, -0.2) is 38.5 Å². The molecule has 0 saturated heterocycles. The van der Waals surface area contributed by atoms with Gasteiger partial charge in [0.25, 0.3) is 0 Å². The number of esters is 1. The highest BCUT2D eigenvalue weighted by Crippen LogP contribution is 2.38. The Morgan fingerprint density at radius 3 is 2.43 bits per heavy atom. The van der Waals surface area contributed by atoms with Gasteiger partial charge in [-0.25, -0.2) is 19.7 Å². The Morgan fingerprint density at radius 2 is 1.78 bits per heavy atom. The zero-order valence-electron chi connectivity index (χ0n) is 21.5. The van der Waals surface area contributed by atoms with Crippen molar-refractivity contribution in [2.24, 2.45) is 11.8 Å². The molecule has 0 radical (unpaired) electrons. The summed E-state index contributed by atoms with van der Waals surface area (Å²) in [5.74, 6) is 0.153. The van der Waals surface area contributed by atoms with Crippen LogP contribution in [0.15, 0.2) is 48.9 Å². The molecule has 2 N–H and O–H groups in total. The molecule has 2 atom stereocenters. The van der Waals surface area contributed by atoms with E-state index in [4.69, 9.17) is 4.74 Å². The van der Waals surface area contributed by atoms with Crippen LogP contribution in [0, 0.1) is 11.8 Å². The fourth-order valence-corrected chi connectivity index (χ4v) is 4.53. The maximum absolute atomic E-state index is 12.3. The summed E-state index contributed by atoms with van der Waals surface area (Å²) in [4.78, 5) is 42.5. The zero-order valence-corrected chi connectivity index (χ0v) is 22.3. The normalized spacial score (nSPS) is 12.8. The minimum Gasteiger partial charge on any atom is -0.454 e. The quantitative estimate of drug-likeness (QED) is 0.281. The van der Waals surface area contributed by atoms with E-state index >= 15 is 0 Å². The number of hydrogen-bond donors (Lipinski definition) is 2. The SMILES string of the molecule is CCNC(=O)Nc1nc2cc(-c3cnc([C@@H](C)OC(=O)[C@H](C)C(C)C)nc3)cc(-c3ccccn3)c2s1. The largest absolute Gasteiger partial charge is 0.454 e. The van der Waals surface area contributed by atoms with E-state index in [1.54, 1.807) is 25.5 Å². The Kier molecular flexibility index (Phi) is 8.08. The summed E-state index contributed by atoms with van der Waals surface area (Å²) < 4.78 is 6.48. The van der Waals surface area contributed by atoms with Crippen molar-refractivity contribution < 1.29 is 14.3 Å². The first kappa shape index (κ1) is 26.2. The molecule has 0 spiro atoms. The molecule has 1 aromatic carbocycles. The number of fused-ring (bicyclic) bond motifs is 1. The van der Waals surface area contributed by atoms with Crippen LogP contribution in [-0.2, 0) is 9.53 Å². The van der Waals surface area contributed by atoms with Gasteiger partial charge in [-0.3, -0.25) is 15.1 Å². The van der Waals surface area contributed by atoms with Gasteiger partial charge in [0, 0.05) is 36.3 Å². The average Bonchev–Trinajstić information content (AvgIpc) is 3.30. The predicted octanol–water partition coefficient (Wildman–Crippen LogP) is 5.85. The lowest BCUT2D eigenvalue weighted by molar-refractivity contribution is -0.154. The lowest BCUT2D eigenvalue weighted by Gasteiger charge is -2.18. The molecule has 10 heteroatoms. The Morgan fingerprint density at radius 1 is 1.03 bits per heavy atom. The van der Waals surface area contributed by atoms with Crippen LogP contribution in [0.4, 0.5) is 9.93 Å². The number of aromatic nitrogens is 4. The highest BCUT2D eigenvalue weighted by Gasteiger charge is 2.22. The van der Waals surface area contributed by atoms with E-state index in [0.717, 1.165) is 32.6 Å². The molecular formula is C27H30N6O3S. The first-order valence-electron chi connectivity index (χ1n) is 12.2. The number of hydrogen-bond acceptors (Lipinski definition) is 8. The number of benzene rings is 1. The third-order valence-electron chi connectivity index (χ3n) is 6.02. The van der Waals surface area contributed by atoms with E-state index in [1.807, 2.05) is 58.0 Å². The van der Waals surface area contributed by atoms with Gasteiger partial charge in [-0.1, -0.05) is 38.2 Å². The maximum atomic E-state index is 12.3. The standard InChI is InChI=1S/C27H30N6O3S/c1-6-28-26(35)33-27-32-22-12-18(11-20(23(22)37-27)21-9-7-8-10-29-21)19-13-30-24(31-14-19)17(5)36-25(34)16(4)15(2)3/h7-17H,6H2,1-5H3,(H2,28,32,33,35)/t16-,17-/m1/s1. The first-order chi connectivity index (χ1) is 17.8. The van der Waals surface area contributed by atoms with Crippen molar-refractivity contribution in [3.8, 4) is 22.4 Å². The van der Waals surface area contributed by atoms with Crippen molar-refractivity contribution in [1.29, 1.82) is 0 Å². The monoisotopic (exact) mass is 518 g/mol. The topological polar surface area (TPSA) is 119 Å². The fourth-order valence-electron chi connectivity index (χ4n) is 3.57. The minimum atomic E-state index is -0.559. The summed E-state index contributed by atoms with van der Waals surface area (Å²) in [6.45, 7) is 9.97. The van der Waals surface area contributed by atoms with Crippen molar-refractivity contribution in [2.75, 3.05) is 11.9 Å². The number of nitrogens with one attached hydrogen (secondary N) is 2. The van der Waals surface area contributed by atoms with Crippen LogP contribution in [0.25, 0.3) is 32.6 Å². The molecule has 0 aliphatic heterocycles. The molecule has 4 rings (SSSR count). The van der Waals surface area contributed by atoms with Crippen molar-refractivity contribution in [2.45, 2.75) is 40.7 Å². The van der Waals surface area contributed by atoms with Gasteiger partial charge < -0.3 is 10.1 Å². The average molecular weight is 519 g/mol. The van der Waals surface area contributed by atoms with Crippen molar-refractivity contribution in [3.05, 3.63) is 54.7 Å². The molecule has 0 aliphatic rings. The van der Waals surface area contributed by atoms with Crippen LogP contribution in [0.2, 0.25) is 0 Å². The van der Waals surface area contributed by atoms with Gasteiger partial charge >= 0.3 is 12.0 Å². The maximum Gasteiger partial charge on any atom is 0.321 e. The Hall–Kier alpha value is -3.92. The van der Waals surface area contributed by atoms with Gasteiger partial charge in [0.2, 0.25) is 0 Å². The molecule has 192 valence electrons. The highest BCUT2D eigenvalue weighted by molar-refractivity contribution is 7.22. The molecule has 3 heterocycles. The number of carbonyl (C=O) groups excluding carboxylic acids is 2. The van der Waals surface area contributed by atoms with Crippen LogP contribution >= 0.6 is 11.3 Å². The van der Waals surface area contributed by atoms with E-state index in [2.05, 4.69) is 30.6 Å². The fraction of sp³-hybridized carbons (Fsp3) is 0.333. The predicted molar refractivity (Wildman–Crippen MR) is 145 cm³/mol. The number of urea groups is 1. The summed E-state index contributed by atoms with van der Waals surface area (Å²) >= 11 is 1.39. The number of carbonyl (C=O) groups is 2. The third-order valence-corrected chi connectivity index (χ3v) is 7.04. The lowest BCUT2D eigenvalue weighted by Crippen LogP contribution is -2.28. The van der Waals surface area contributed by atoms with E-state index in [0.29, 0.717) is 17.5 Å². The van der Waals surface area contributed by atoms with Gasteiger partial charge in [0.15, 0.2) is 17.1 Å². The summed E-state index contributed by atoms with van der Waals surface area (Å²) in [7, 11) is 0. The Labute approximate surface area is 219 Å². The number of rotatable bonds is 8. The number of nitrogens with zero attached hydrogens (tertiary/aromatic N) is 4. The van der Waals surface area contributed by atoms with Gasteiger partial charge in [0.05, 0.1) is 21.8 Å². The van der Waals surface area contributed by atoms with Crippen LogP contribution in [0.1, 0.15) is 46.5 Å². The summed E-state index contributed by atoms with van der Waals surface area (Å²) in [6, 6.07) is 9.38. The summed E-state index contributed by atoms with van der Waals surface area (Å²) in [6.07, 6.45) is 4.60. The number of pyridine rings is 1. The van der Waals surface area contributed by atoms with Gasteiger partial charge in [-0.2, -0.15) is 0 Å². The molecule has 37 heavy (non-hydrogen) atoms. The van der Waals surface area contributed by atoms with Gasteiger partial charge in [-0.05, 0) is 49.6 Å². The van der Waals surface area contributed by atoms with E-state index < -0.39 is 6.10 Å². The van der Waals surface area contributed by atoms with E-state index in [1.165, 1.54) is 11.3 Å². The van der Waals surface area contributed by atoms with Crippen LogP contribution in [0.5, 0.6) is 0 Å². The summed E-state index contributed by atoms with van der Waals surface area (Å²) in [5, 5.41) is 6.00. The number of ether oxygens (including phenoxy) is 1. The number of anilines is 1. The second-order valence-electron chi connectivity index (χ2n) is 9.03. The molecule has 9 nitrogen and oxygen atoms in total. The van der Waals surface area contributed by atoms with Crippen molar-refractivity contribution in [3.63, 3.8) is 0 Å². The van der Waals surface area contributed by atoms with Gasteiger partial charge in [0.1, 0.15) is 0 Å². The van der Waals surface area contributed by atoms with E-state index in [9.17, 15) is 9.59 Å². The van der Waals surface area contributed by atoms with Crippen LogP contribution < -0.4 is 10.6 Å². The highest BCUT2D eigenvalue weighted by atomic mass is 32.1. The third kappa shape index (κ3) is 6.08. The van der Waals surface area contributed by atoms with Crippen molar-refractivity contribution >= 4 is 38.7 Å². The van der Waals surface area contributed by atoms with Crippen molar-refractivity contribution in [1.82, 2.24) is 25.3 Å². The Bertz CT molecular complexity index is 1390. The Balaban J connectivity index is 1.66. The minimum absolute atomic E-state index is 0.189. The second kappa shape index (κ2) is 11.4. The second-order valence-corrected chi connectivity index (χ2v) is 10.0. The smallest absolute Gasteiger partial charge is 0.321 e. The first-order valence-corrected chi connectivity index (χ1v) is 13.0. The molecule has 0 fully saturated rings. The zero-order chi connectivity index (χ0) is 26.5. The van der Waals surface area contributed by atoms with E-state index in [-0.39, 0.29) is 23.8 Å². The molecule has 0 aliphatic carbocycles. The summed E-state index contributed by atoms with van der Waals surface area (Å²) in [5.41, 5.74) is 4.04.